The Bertz CT molecular complexity index is 601. The van der Waals surface area contributed by atoms with Gasteiger partial charge in [-0.05, 0) is 18.2 Å². The summed E-state index contributed by atoms with van der Waals surface area (Å²) in [5.74, 6) is 0. The molecule has 0 bridgehead atoms. The number of rotatable bonds is 3. The number of aromatic nitrogens is 3. The Labute approximate surface area is 155 Å². The fourth-order valence-electron chi connectivity index (χ4n) is 3.26. The lowest BCUT2D eigenvalue weighted by Gasteiger charge is -2.35. The maximum Gasteiger partial charge on any atom is 0.0768 e. The average molecular weight is 371 g/mol. The molecule has 0 amide bonds. The highest BCUT2D eigenvalue weighted by atomic mass is 35.5. The molecule has 24 heavy (non-hydrogen) atoms. The van der Waals surface area contributed by atoms with Gasteiger partial charge in [0.05, 0.1) is 29.8 Å². The summed E-state index contributed by atoms with van der Waals surface area (Å²) in [4.78, 5) is 9.11. The van der Waals surface area contributed by atoms with Crippen LogP contribution in [0.15, 0.2) is 30.6 Å². The normalized spacial score (nSPS) is 17.6. The van der Waals surface area contributed by atoms with Gasteiger partial charge in [0.25, 0.3) is 0 Å². The molecule has 2 aromatic heterocycles. The van der Waals surface area contributed by atoms with Crippen LogP contribution in [0.4, 0.5) is 5.69 Å². The summed E-state index contributed by atoms with van der Waals surface area (Å²) in [7, 11) is 0. The predicted molar refractivity (Wildman–Crippen MR) is 100 cm³/mol. The molecule has 4 heterocycles. The monoisotopic (exact) mass is 370 g/mol. The highest BCUT2D eigenvalue weighted by Gasteiger charge is 2.19. The zero-order valence-electron chi connectivity index (χ0n) is 13.6. The molecule has 2 aromatic rings. The van der Waals surface area contributed by atoms with Crippen LogP contribution < -0.4 is 10.2 Å². The summed E-state index contributed by atoms with van der Waals surface area (Å²) in [6.07, 6.45) is 3.78. The third-order valence-corrected chi connectivity index (χ3v) is 4.49. The van der Waals surface area contributed by atoms with E-state index in [-0.39, 0.29) is 24.8 Å². The van der Waals surface area contributed by atoms with E-state index in [2.05, 4.69) is 36.9 Å². The van der Waals surface area contributed by atoms with E-state index in [0.717, 1.165) is 52.4 Å². The molecule has 0 spiro atoms. The van der Waals surface area contributed by atoms with Crippen molar-refractivity contribution in [2.24, 2.45) is 0 Å². The Hall–Kier alpha value is -1.34. The van der Waals surface area contributed by atoms with Crippen LogP contribution in [0.2, 0.25) is 0 Å². The smallest absolute Gasteiger partial charge is 0.0768 e. The van der Waals surface area contributed by atoms with Crippen molar-refractivity contribution in [3.63, 3.8) is 0 Å². The van der Waals surface area contributed by atoms with Crippen molar-refractivity contribution in [1.82, 2.24) is 25.0 Å². The molecule has 1 fully saturated rings. The number of hydrogen-bond donors (Lipinski definition) is 1. The Morgan fingerprint density at radius 1 is 1.08 bits per heavy atom. The zero-order chi connectivity index (χ0) is 14.8. The third kappa shape index (κ3) is 4.19. The van der Waals surface area contributed by atoms with Crippen molar-refractivity contribution < 1.29 is 0 Å². The second-order valence-corrected chi connectivity index (χ2v) is 6.00. The van der Waals surface area contributed by atoms with Crippen LogP contribution in [0.5, 0.6) is 0 Å². The molecule has 2 aliphatic heterocycles. The standard InChI is InChI=1S/C16H22N6.2ClH/c1-2-15(11-17-3-1)21-8-6-20(7-9-21)13-14-10-16-12-18-4-5-22(16)19-14;;/h1-3,10-11,18H,4-9,12-13H2;2*1H. The van der Waals surface area contributed by atoms with E-state index in [9.17, 15) is 0 Å². The first-order valence-corrected chi connectivity index (χ1v) is 8.02. The van der Waals surface area contributed by atoms with Crippen molar-refractivity contribution in [3.05, 3.63) is 42.0 Å². The van der Waals surface area contributed by atoms with Crippen LogP contribution in [0.25, 0.3) is 0 Å². The minimum atomic E-state index is 0. The van der Waals surface area contributed by atoms with Crippen LogP contribution in [0.3, 0.4) is 0 Å². The number of hydrogen-bond acceptors (Lipinski definition) is 5. The van der Waals surface area contributed by atoms with Crippen molar-refractivity contribution in [3.8, 4) is 0 Å². The number of nitrogens with zero attached hydrogens (tertiary/aromatic N) is 5. The van der Waals surface area contributed by atoms with Gasteiger partial charge in [-0.15, -0.1) is 24.8 Å². The highest BCUT2D eigenvalue weighted by molar-refractivity contribution is 5.85. The first kappa shape index (κ1) is 19.0. The molecule has 6 nitrogen and oxygen atoms in total. The largest absolute Gasteiger partial charge is 0.368 e. The molecule has 0 atom stereocenters. The fraction of sp³-hybridized carbons (Fsp3) is 0.500. The van der Waals surface area contributed by atoms with Crippen molar-refractivity contribution in [1.29, 1.82) is 0 Å². The van der Waals surface area contributed by atoms with Gasteiger partial charge in [0.2, 0.25) is 0 Å². The molecule has 0 unspecified atom stereocenters. The summed E-state index contributed by atoms with van der Waals surface area (Å²) in [5.41, 5.74) is 3.74. The fourth-order valence-corrected chi connectivity index (χ4v) is 3.26. The molecule has 4 rings (SSSR count). The Kier molecular flexibility index (Phi) is 6.86. The van der Waals surface area contributed by atoms with Crippen molar-refractivity contribution in [2.75, 3.05) is 37.6 Å². The van der Waals surface area contributed by atoms with Gasteiger partial charge in [0.1, 0.15) is 0 Å². The molecular weight excluding hydrogens is 347 g/mol. The Balaban J connectivity index is 0.00000104. The number of anilines is 1. The molecule has 1 saturated heterocycles. The summed E-state index contributed by atoms with van der Waals surface area (Å²) >= 11 is 0. The molecule has 0 saturated carbocycles. The number of nitrogens with one attached hydrogen (secondary N) is 1. The second kappa shape index (κ2) is 8.67. The first-order chi connectivity index (χ1) is 10.9. The molecule has 1 N–H and O–H groups in total. The van der Waals surface area contributed by atoms with Crippen LogP contribution >= 0.6 is 24.8 Å². The van der Waals surface area contributed by atoms with E-state index in [1.165, 1.54) is 17.1 Å². The van der Waals surface area contributed by atoms with Crippen LogP contribution in [0, 0.1) is 0 Å². The van der Waals surface area contributed by atoms with E-state index >= 15 is 0 Å². The van der Waals surface area contributed by atoms with Gasteiger partial charge in [-0.1, -0.05) is 0 Å². The van der Waals surface area contributed by atoms with Gasteiger partial charge >= 0.3 is 0 Å². The SMILES string of the molecule is Cl.Cl.c1cncc(N2CCN(Cc3cc4n(n3)CCNC4)CC2)c1. The summed E-state index contributed by atoms with van der Waals surface area (Å²) in [6, 6.07) is 6.39. The summed E-state index contributed by atoms with van der Waals surface area (Å²) in [6.45, 7) is 8.19. The van der Waals surface area contributed by atoms with Crippen molar-refractivity contribution >= 4 is 30.5 Å². The second-order valence-electron chi connectivity index (χ2n) is 6.00. The minimum Gasteiger partial charge on any atom is -0.368 e. The summed E-state index contributed by atoms with van der Waals surface area (Å²) in [5, 5.41) is 8.13. The number of fused-ring (bicyclic) bond motifs is 1. The van der Waals surface area contributed by atoms with Crippen molar-refractivity contribution in [2.45, 2.75) is 19.6 Å². The van der Waals surface area contributed by atoms with Crippen LogP contribution in [-0.2, 0) is 19.6 Å². The van der Waals surface area contributed by atoms with Gasteiger partial charge in [-0.2, -0.15) is 5.10 Å². The molecule has 0 radical (unpaired) electrons. The summed E-state index contributed by atoms with van der Waals surface area (Å²) < 4.78 is 2.15. The van der Waals surface area contributed by atoms with Gasteiger partial charge < -0.3 is 10.2 Å². The number of pyridine rings is 1. The number of piperazine rings is 1. The minimum absolute atomic E-state index is 0. The quantitative estimate of drug-likeness (QED) is 0.887. The lowest BCUT2D eigenvalue weighted by Crippen LogP contribution is -2.46. The van der Waals surface area contributed by atoms with E-state index in [4.69, 9.17) is 5.10 Å². The Morgan fingerprint density at radius 3 is 2.62 bits per heavy atom. The zero-order valence-corrected chi connectivity index (χ0v) is 15.2. The number of halogens is 2. The maximum absolute atomic E-state index is 4.73. The topological polar surface area (TPSA) is 49.2 Å². The maximum atomic E-state index is 4.73. The Morgan fingerprint density at radius 2 is 1.92 bits per heavy atom. The third-order valence-electron chi connectivity index (χ3n) is 4.49. The molecule has 0 aromatic carbocycles. The lowest BCUT2D eigenvalue weighted by molar-refractivity contribution is 0.246. The van der Waals surface area contributed by atoms with E-state index < -0.39 is 0 Å². The molecular formula is C16H24Cl2N6. The van der Waals surface area contributed by atoms with Gasteiger partial charge in [0, 0.05) is 52.0 Å². The van der Waals surface area contributed by atoms with Gasteiger partial charge in [-0.25, -0.2) is 0 Å². The predicted octanol–water partition coefficient (Wildman–Crippen LogP) is 1.55. The molecule has 132 valence electrons. The van der Waals surface area contributed by atoms with E-state index in [1.54, 1.807) is 0 Å². The van der Waals surface area contributed by atoms with Crippen LogP contribution in [0.1, 0.15) is 11.4 Å². The lowest BCUT2D eigenvalue weighted by atomic mass is 10.2. The van der Waals surface area contributed by atoms with E-state index in [1.807, 2.05) is 18.5 Å². The van der Waals surface area contributed by atoms with Gasteiger partial charge in [-0.3, -0.25) is 14.6 Å². The average Bonchev–Trinajstić information content (AvgIpc) is 2.98. The first-order valence-electron chi connectivity index (χ1n) is 8.02. The van der Waals surface area contributed by atoms with E-state index in [0.29, 0.717) is 0 Å². The van der Waals surface area contributed by atoms with Gasteiger partial charge in [0.15, 0.2) is 0 Å². The highest BCUT2D eigenvalue weighted by Crippen LogP contribution is 2.16. The molecule has 0 aliphatic carbocycles. The van der Waals surface area contributed by atoms with Crippen LogP contribution in [-0.4, -0.2) is 52.4 Å². The molecule has 8 heteroatoms. The molecule has 2 aliphatic rings.